The third-order valence-electron chi connectivity index (χ3n) is 3.49. The molecular formula is C10H18O2. The molecule has 2 saturated heterocycles. The van der Waals surface area contributed by atoms with Crippen molar-refractivity contribution in [2.45, 2.75) is 57.3 Å². The zero-order valence-corrected chi connectivity index (χ0v) is 8.13. The second-order valence-electron chi connectivity index (χ2n) is 5.07. The van der Waals surface area contributed by atoms with E-state index in [1.54, 1.807) is 0 Å². The minimum atomic E-state index is -0.146. The van der Waals surface area contributed by atoms with Crippen LogP contribution in [0.1, 0.15) is 40.0 Å². The van der Waals surface area contributed by atoms with Crippen LogP contribution in [0.15, 0.2) is 0 Å². The highest BCUT2D eigenvalue weighted by Gasteiger charge is 2.52. The van der Waals surface area contributed by atoms with Crippen LogP contribution in [0.4, 0.5) is 0 Å². The molecule has 0 unspecified atom stereocenters. The topological polar surface area (TPSA) is 29.5 Å². The van der Waals surface area contributed by atoms with Gasteiger partial charge in [0.2, 0.25) is 0 Å². The average molecular weight is 170 g/mol. The quantitative estimate of drug-likeness (QED) is 0.599. The van der Waals surface area contributed by atoms with Crippen LogP contribution in [0.5, 0.6) is 0 Å². The Morgan fingerprint density at radius 2 is 2.00 bits per heavy atom. The van der Waals surface area contributed by atoms with E-state index in [4.69, 9.17) is 4.74 Å². The summed E-state index contributed by atoms with van der Waals surface area (Å²) in [5, 5.41) is 9.82. The standard InChI is InChI=1S/C10H18O2/c1-9(2)7-4-5-10(3,12-9)6-8(7)11/h7-8,11H,4-6H2,1-3H3/t7-,8-,10-/m0/s1. The number of fused-ring (bicyclic) bond motifs is 3. The van der Waals surface area contributed by atoms with Crippen molar-refractivity contribution >= 4 is 0 Å². The van der Waals surface area contributed by atoms with Gasteiger partial charge in [0.1, 0.15) is 0 Å². The van der Waals surface area contributed by atoms with Gasteiger partial charge in [0, 0.05) is 12.3 Å². The first-order valence-electron chi connectivity index (χ1n) is 4.81. The second kappa shape index (κ2) is 2.24. The fraction of sp³-hybridized carbons (Fsp3) is 1.00. The molecule has 0 amide bonds. The first kappa shape index (κ1) is 8.52. The van der Waals surface area contributed by atoms with Crippen LogP contribution in [0, 0.1) is 5.92 Å². The Bertz CT molecular complexity index is 197. The lowest BCUT2D eigenvalue weighted by Gasteiger charge is -2.56. The van der Waals surface area contributed by atoms with E-state index in [1.165, 1.54) is 0 Å². The highest BCUT2D eigenvalue weighted by atomic mass is 16.5. The van der Waals surface area contributed by atoms with Crippen molar-refractivity contribution in [2.75, 3.05) is 0 Å². The Hall–Kier alpha value is -0.0800. The predicted molar refractivity (Wildman–Crippen MR) is 46.9 cm³/mol. The lowest BCUT2D eigenvalue weighted by molar-refractivity contribution is -0.263. The van der Waals surface area contributed by atoms with E-state index in [0.717, 1.165) is 19.3 Å². The Morgan fingerprint density at radius 1 is 1.33 bits per heavy atom. The lowest BCUT2D eigenvalue weighted by atomic mass is 9.67. The molecular weight excluding hydrogens is 152 g/mol. The van der Waals surface area contributed by atoms with Crippen LogP contribution in [0.25, 0.3) is 0 Å². The van der Waals surface area contributed by atoms with Crippen LogP contribution in [-0.4, -0.2) is 22.4 Å². The van der Waals surface area contributed by atoms with Crippen molar-refractivity contribution in [1.29, 1.82) is 0 Å². The van der Waals surface area contributed by atoms with Gasteiger partial charge in [-0.15, -0.1) is 0 Å². The maximum Gasteiger partial charge on any atom is 0.0686 e. The number of aliphatic hydroxyl groups excluding tert-OH is 1. The Morgan fingerprint density at radius 3 is 2.42 bits per heavy atom. The predicted octanol–water partition coefficient (Wildman–Crippen LogP) is 1.71. The summed E-state index contributed by atoms with van der Waals surface area (Å²) in [6, 6.07) is 0. The van der Waals surface area contributed by atoms with Crippen molar-refractivity contribution < 1.29 is 9.84 Å². The molecule has 3 atom stereocenters. The van der Waals surface area contributed by atoms with E-state index in [1.807, 2.05) is 0 Å². The summed E-state index contributed by atoms with van der Waals surface area (Å²) < 4.78 is 5.97. The first-order chi connectivity index (χ1) is 5.43. The molecule has 2 bridgehead atoms. The highest BCUT2D eigenvalue weighted by Crippen LogP contribution is 2.49. The molecule has 2 heterocycles. The minimum Gasteiger partial charge on any atom is -0.393 e. The third kappa shape index (κ3) is 1.09. The van der Waals surface area contributed by atoms with Crippen molar-refractivity contribution in [1.82, 2.24) is 0 Å². The van der Waals surface area contributed by atoms with E-state index < -0.39 is 0 Å². The molecule has 3 fully saturated rings. The zero-order chi connectivity index (χ0) is 8.98. The van der Waals surface area contributed by atoms with Gasteiger partial charge in [0.15, 0.2) is 0 Å². The number of rotatable bonds is 0. The van der Waals surface area contributed by atoms with Gasteiger partial charge in [-0.05, 0) is 33.6 Å². The van der Waals surface area contributed by atoms with Gasteiger partial charge in [0.25, 0.3) is 0 Å². The molecule has 3 aliphatic rings. The largest absolute Gasteiger partial charge is 0.393 e. The van der Waals surface area contributed by atoms with Gasteiger partial charge >= 0.3 is 0 Å². The molecule has 2 heteroatoms. The second-order valence-corrected chi connectivity index (χ2v) is 5.07. The molecule has 1 aliphatic carbocycles. The summed E-state index contributed by atoms with van der Waals surface area (Å²) in [5.41, 5.74) is -0.178. The van der Waals surface area contributed by atoms with Crippen LogP contribution in [0.3, 0.4) is 0 Å². The van der Waals surface area contributed by atoms with E-state index in [-0.39, 0.29) is 17.3 Å². The maximum atomic E-state index is 9.82. The summed E-state index contributed by atoms with van der Waals surface area (Å²) in [4.78, 5) is 0. The molecule has 2 nitrogen and oxygen atoms in total. The molecule has 2 aliphatic heterocycles. The smallest absolute Gasteiger partial charge is 0.0686 e. The third-order valence-corrected chi connectivity index (χ3v) is 3.49. The molecule has 3 rings (SSSR count). The normalized spacial score (nSPS) is 51.0. The molecule has 1 saturated carbocycles. The van der Waals surface area contributed by atoms with Gasteiger partial charge < -0.3 is 9.84 Å². The van der Waals surface area contributed by atoms with E-state index in [2.05, 4.69) is 20.8 Å². The van der Waals surface area contributed by atoms with Crippen LogP contribution >= 0.6 is 0 Å². The Balaban J connectivity index is 2.28. The van der Waals surface area contributed by atoms with Crippen LogP contribution in [0.2, 0.25) is 0 Å². The summed E-state index contributed by atoms with van der Waals surface area (Å²) in [7, 11) is 0. The van der Waals surface area contributed by atoms with E-state index in [0.29, 0.717) is 5.92 Å². The van der Waals surface area contributed by atoms with Crippen molar-refractivity contribution in [3.63, 3.8) is 0 Å². The van der Waals surface area contributed by atoms with Gasteiger partial charge in [-0.25, -0.2) is 0 Å². The molecule has 1 N–H and O–H groups in total. The number of hydrogen-bond donors (Lipinski definition) is 1. The summed E-state index contributed by atoms with van der Waals surface area (Å²) in [6.07, 6.45) is 2.90. The zero-order valence-electron chi connectivity index (χ0n) is 8.13. The fourth-order valence-electron chi connectivity index (χ4n) is 2.95. The minimum absolute atomic E-state index is 0.0579. The number of aliphatic hydroxyl groups is 1. The Kier molecular flexibility index (Phi) is 1.59. The SMILES string of the molecule is CC1(C)O[C@@]2(C)CC[C@H]1[C@@H](O)C2. The monoisotopic (exact) mass is 170 g/mol. The summed E-state index contributed by atoms with van der Waals surface area (Å²) in [5.74, 6) is 0.347. The fourth-order valence-corrected chi connectivity index (χ4v) is 2.95. The lowest BCUT2D eigenvalue weighted by Crippen LogP contribution is -2.59. The molecule has 12 heavy (non-hydrogen) atoms. The van der Waals surface area contributed by atoms with Gasteiger partial charge in [0.05, 0.1) is 17.3 Å². The maximum absolute atomic E-state index is 9.82. The van der Waals surface area contributed by atoms with Gasteiger partial charge in [-0.3, -0.25) is 0 Å². The molecule has 70 valence electrons. The van der Waals surface area contributed by atoms with Crippen molar-refractivity contribution in [3.8, 4) is 0 Å². The average Bonchev–Trinajstić information content (AvgIpc) is 1.80. The number of ether oxygens (including phenoxy) is 1. The van der Waals surface area contributed by atoms with Crippen molar-refractivity contribution in [2.24, 2.45) is 5.92 Å². The van der Waals surface area contributed by atoms with Crippen molar-refractivity contribution in [3.05, 3.63) is 0 Å². The molecule has 0 aromatic carbocycles. The molecule has 0 radical (unpaired) electrons. The first-order valence-corrected chi connectivity index (χ1v) is 4.81. The van der Waals surface area contributed by atoms with Crippen LogP contribution in [-0.2, 0) is 4.74 Å². The Labute approximate surface area is 73.9 Å². The summed E-state index contributed by atoms with van der Waals surface area (Å²) in [6.45, 7) is 6.31. The highest BCUT2D eigenvalue weighted by molar-refractivity contribution is 5.02. The van der Waals surface area contributed by atoms with Gasteiger partial charge in [-0.1, -0.05) is 0 Å². The van der Waals surface area contributed by atoms with E-state index in [9.17, 15) is 5.11 Å². The van der Waals surface area contributed by atoms with E-state index >= 15 is 0 Å². The van der Waals surface area contributed by atoms with Gasteiger partial charge in [-0.2, -0.15) is 0 Å². The number of hydrogen-bond acceptors (Lipinski definition) is 2. The summed E-state index contributed by atoms with van der Waals surface area (Å²) >= 11 is 0. The molecule has 0 spiro atoms. The van der Waals surface area contributed by atoms with Crippen LogP contribution < -0.4 is 0 Å². The molecule has 0 aromatic rings. The molecule has 0 aromatic heterocycles.